The van der Waals surface area contributed by atoms with Gasteiger partial charge in [-0.05, 0) is 54.4 Å². The van der Waals surface area contributed by atoms with Crippen LogP contribution >= 0.6 is 11.6 Å². The number of pyridine rings is 1. The molecule has 0 unspecified atom stereocenters. The minimum absolute atomic E-state index is 0.0292. The first-order valence-electron chi connectivity index (χ1n) is 12.5. The number of benzene rings is 2. The van der Waals surface area contributed by atoms with Gasteiger partial charge in [-0.15, -0.1) is 0 Å². The number of fused-ring (bicyclic) bond motifs is 1. The second-order valence-corrected chi connectivity index (χ2v) is 12.1. The van der Waals surface area contributed by atoms with Crippen LogP contribution in [0.1, 0.15) is 34.6 Å². The predicted molar refractivity (Wildman–Crippen MR) is 154 cm³/mol. The number of carboxylic acids is 1. The van der Waals surface area contributed by atoms with E-state index in [-0.39, 0.29) is 62.5 Å². The third kappa shape index (κ3) is 6.34. The van der Waals surface area contributed by atoms with Crippen LogP contribution in [-0.4, -0.2) is 66.1 Å². The molecule has 2 aromatic carbocycles. The summed E-state index contributed by atoms with van der Waals surface area (Å²) >= 11 is 6.58. The van der Waals surface area contributed by atoms with Gasteiger partial charge >= 0.3 is 5.97 Å². The van der Waals surface area contributed by atoms with Crippen molar-refractivity contribution in [2.75, 3.05) is 30.3 Å². The van der Waals surface area contributed by atoms with Crippen molar-refractivity contribution in [2.45, 2.75) is 13.8 Å². The molecule has 0 saturated heterocycles. The highest BCUT2D eigenvalue weighted by atomic mass is 35.5. The van der Waals surface area contributed by atoms with Gasteiger partial charge in [0.15, 0.2) is 0 Å². The van der Waals surface area contributed by atoms with Crippen LogP contribution in [0.2, 0.25) is 5.02 Å². The van der Waals surface area contributed by atoms with E-state index in [0.29, 0.717) is 12.1 Å². The average molecular weight is 603 g/mol. The van der Waals surface area contributed by atoms with Crippen LogP contribution in [-0.2, 0) is 10.0 Å². The lowest BCUT2D eigenvalue weighted by Gasteiger charge is -2.25. The van der Waals surface area contributed by atoms with E-state index >= 15 is 0 Å². The fourth-order valence-electron chi connectivity index (χ4n) is 4.34. The minimum atomic E-state index is -3.96. The van der Waals surface area contributed by atoms with E-state index in [1.54, 1.807) is 0 Å². The average Bonchev–Trinajstić information content (AvgIpc) is 3.28. The quantitative estimate of drug-likeness (QED) is 0.246. The highest BCUT2D eigenvalue weighted by Gasteiger charge is 2.27. The zero-order valence-corrected chi connectivity index (χ0v) is 24.0. The van der Waals surface area contributed by atoms with Gasteiger partial charge in [-0.1, -0.05) is 25.4 Å². The maximum atomic E-state index is 13.6. The largest absolute Gasteiger partial charge is 0.478 e. The van der Waals surface area contributed by atoms with Gasteiger partial charge in [-0.2, -0.15) is 5.10 Å². The van der Waals surface area contributed by atoms with Crippen LogP contribution in [0, 0.1) is 11.7 Å². The molecule has 41 heavy (non-hydrogen) atoms. The summed E-state index contributed by atoms with van der Waals surface area (Å²) in [5.41, 5.74) is 0.984. The Balaban J connectivity index is 2.04. The molecule has 0 saturated carbocycles. The number of anilines is 1. The molecule has 3 N–H and O–H groups in total. The highest BCUT2D eigenvalue weighted by Crippen LogP contribution is 2.39. The van der Waals surface area contributed by atoms with Crippen molar-refractivity contribution in [1.82, 2.24) is 14.9 Å². The maximum Gasteiger partial charge on any atom is 0.340 e. The fraction of sp³-hybridized carbons (Fsp3) is 0.250. The number of aromatic carboxylic acids is 1. The Kier molecular flexibility index (Phi) is 8.66. The van der Waals surface area contributed by atoms with Crippen molar-refractivity contribution in [1.29, 1.82) is 0 Å². The van der Waals surface area contributed by atoms with Gasteiger partial charge in [-0.25, -0.2) is 22.1 Å². The Morgan fingerprint density at radius 3 is 2.39 bits per heavy atom. The van der Waals surface area contributed by atoms with Crippen LogP contribution in [0.5, 0.6) is 0 Å². The Labute approximate surface area is 241 Å². The van der Waals surface area contributed by atoms with Gasteiger partial charge in [0.05, 0.1) is 36.8 Å². The molecule has 0 bridgehead atoms. The van der Waals surface area contributed by atoms with Crippen molar-refractivity contribution in [2.24, 2.45) is 5.92 Å². The molecule has 0 radical (unpaired) electrons. The number of aliphatic hydroxyl groups excluding tert-OH is 1. The molecule has 10 nitrogen and oxygen atoms in total. The first-order valence-corrected chi connectivity index (χ1v) is 14.8. The molecule has 0 aliphatic heterocycles. The smallest absolute Gasteiger partial charge is 0.340 e. The monoisotopic (exact) mass is 602 g/mol. The van der Waals surface area contributed by atoms with E-state index in [2.05, 4.69) is 10.4 Å². The van der Waals surface area contributed by atoms with Crippen LogP contribution in [0.3, 0.4) is 0 Å². The number of hydrogen-bond donors (Lipinski definition) is 3. The molecule has 4 rings (SSSR count). The first-order chi connectivity index (χ1) is 19.3. The number of hydrogen-bond acceptors (Lipinski definition) is 6. The van der Waals surface area contributed by atoms with Gasteiger partial charge in [-0.3, -0.25) is 9.10 Å². The molecule has 0 spiro atoms. The fourth-order valence-corrected chi connectivity index (χ4v) is 5.48. The summed E-state index contributed by atoms with van der Waals surface area (Å²) < 4.78 is 41.4. The molecule has 4 aromatic rings. The molecule has 13 heteroatoms. The predicted octanol–water partition coefficient (Wildman–Crippen LogP) is 4.30. The Morgan fingerprint density at radius 2 is 1.80 bits per heavy atom. The number of halogens is 2. The van der Waals surface area contributed by atoms with Crippen molar-refractivity contribution >= 4 is 44.7 Å². The number of aliphatic hydroxyl groups is 1. The van der Waals surface area contributed by atoms with Crippen LogP contribution in [0.4, 0.5) is 10.1 Å². The standard InChI is InChI=1S/C28H28ClFN4O6S/c1-16(2)14-31-27(36)18-6-9-22(29)20(12-18)21-13-23-25(28(37)38)26(17-4-7-19(30)8-5-17)32-33(23)15-24(21)34(10-11-35)41(3,39)40/h4-9,12-13,15-16,35H,10-11,14H2,1-3H3,(H,31,36)(H,37,38). The second kappa shape index (κ2) is 11.9. The number of carbonyl (C=O) groups excluding carboxylic acids is 1. The molecular weight excluding hydrogens is 575 g/mol. The SMILES string of the molecule is CC(C)CNC(=O)c1ccc(Cl)c(-c2cc3c(C(=O)O)c(-c4ccc(F)cc4)nn3cc2N(CCO)S(C)(=O)=O)c1. The van der Waals surface area contributed by atoms with Crippen molar-refractivity contribution < 1.29 is 32.6 Å². The van der Waals surface area contributed by atoms with Gasteiger partial charge in [0.2, 0.25) is 10.0 Å². The normalized spacial score (nSPS) is 11.7. The maximum absolute atomic E-state index is 13.6. The van der Waals surface area contributed by atoms with E-state index in [1.165, 1.54) is 59.2 Å². The van der Waals surface area contributed by atoms with E-state index in [0.717, 1.165) is 10.6 Å². The lowest BCUT2D eigenvalue weighted by atomic mass is 9.99. The van der Waals surface area contributed by atoms with Crippen molar-refractivity contribution in [3.05, 3.63) is 76.7 Å². The first kappa shape index (κ1) is 30.0. The molecular formula is C28H28ClFN4O6S. The zero-order valence-electron chi connectivity index (χ0n) is 22.4. The van der Waals surface area contributed by atoms with Gasteiger partial charge < -0.3 is 15.5 Å². The zero-order chi connectivity index (χ0) is 30.1. The topological polar surface area (TPSA) is 141 Å². The van der Waals surface area contributed by atoms with Crippen LogP contribution < -0.4 is 9.62 Å². The van der Waals surface area contributed by atoms with Crippen LogP contribution in [0.15, 0.2) is 54.7 Å². The number of nitrogens with one attached hydrogen (secondary N) is 1. The molecule has 0 atom stereocenters. The number of sulfonamides is 1. The summed E-state index contributed by atoms with van der Waals surface area (Å²) in [5.74, 6) is -2.00. The summed E-state index contributed by atoms with van der Waals surface area (Å²) in [5, 5.41) is 27.2. The lowest BCUT2D eigenvalue weighted by molar-refractivity contribution is 0.0699. The summed E-state index contributed by atoms with van der Waals surface area (Å²) in [6.07, 6.45) is 2.28. The number of carboxylic acid groups (broad SMARTS) is 1. The molecule has 2 aromatic heterocycles. The van der Waals surface area contributed by atoms with Gasteiger partial charge in [0.25, 0.3) is 5.91 Å². The van der Waals surface area contributed by atoms with Crippen LogP contribution in [0.25, 0.3) is 27.9 Å². The Hall–Kier alpha value is -4.00. The molecule has 1 amide bonds. The third-order valence-corrected chi connectivity index (χ3v) is 7.75. The molecule has 0 aliphatic rings. The Bertz CT molecular complexity index is 1740. The Morgan fingerprint density at radius 1 is 1.12 bits per heavy atom. The number of amides is 1. The number of rotatable bonds is 10. The molecule has 2 heterocycles. The lowest BCUT2D eigenvalue weighted by Crippen LogP contribution is -2.33. The number of aromatic nitrogens is 2. The minimum Gasteiger partial charge on any atom is -0.478 e. The highest BCUT2D eigenvalue weighted by molar-refractivity contribution is 7.92. The summed E-state index contributed by atoms with van der Waals surface area (Å²) in [7, 11) is -3.96. The van der Waals surface area contributed by atoms with Crippen molar-refractivity contribution in [3.63, 3.8) is 0 Å². The van der Waals surface area contributed by atoms with E-state index < -0.39 is 28.4 Å². The van der Waals surface area contributed by atoms with E-state index in [4.69, 9.17) is 11.6 Å². The number of carbonyl (C=O) groups is 2. The summed E-state index contributed by atoms with van der Waals surface area (Å²) in [6, 6.07) is 11.0. The van der Waals surface area contributed by atoms with Crippen molar-refractivity contribution in [3.8, 4) is 22.4 Å². The molecule has 216 valence electrons. The molecule has 0 aliphatic carbocycles. The summed E-state index contributed by atoms with van der Waals surface area (Å²) in [4.78, 5) is 25.3. The third-order valence-electron chi connectivity index (χ3n) is 6.24. The summed E-state index contributed by atoms with van der Waals surface area (Å²) in [6.45, 7) is 3.48. The molecule has 0 fully saturated rings. The van der Waals surface area contributed by atoms with E-state index in [9.17, 15) is 32.6 Å². The van der Waals surface area contributed by atoms with Gasteiger partial charge in [0, 0.05) is 33.8 Å². The van der Waals surface area contributed by atoms with E-state index in [1.807, 2.05) is 13.8 Å². The second-order valence-electron chi connectivity index (χ2n) is 9.80. The van der Waals surface area contributed by atoms with Gasteiger partial charge in [0.1, 0.15) is 17.1 Å². The number of nitrogens with zero attached hydrogens (tertiary/aromatic N) is 3.